The van der Waals surface area contributed by atoms with Gasteiger partial charge in [-0.2, -0.15) is 0 Å². The van der Waals surface area contributed by atoms with E-state index < -0.39 is 21.3 Å². The molecule has 10 rings (SSSR count). The molecular weight excluding hydrogens is 894 g/mol. The fourth-order valence-corrected chi connectivity index (χ4v) is 25.4. The summed E-state index contributed by atoms with van der Waals surface area (Å²) in [6.45, 7) is 21.5. The Balaban J connectivity index is 0.00000249. The molecule has 5 aromatic rings. The van der Waals surface area contributed by atoms with Crippen LogP contribution in [-0.2, 0) is 27.7 Å². The van der Waals surface area contributed by atoms with Gasteiger partial charge in [0.1, 0.15) is 0 Å². The van der Waals surface area contributed by atoms with Crippen LogP contribution in [0.2, 0.25) is 16.8 Å². The predicted octanol–water partition coefficient (Wildman–Crippen LogP) is 9.97. The minimum Gasteiger partial charge on any atom is -1.00 e. The second kappa shape index (κ2) is 15.2. The van der Waals surface area contributed by atoms with Crippen LogP contribution < -0.4 is 24.8 Å². The molecule has 3 atom stereocenters. The van der Waals surface area contributed by atoms with Crippen LogP contribution >= 0.6 is 23.2 Å². The van der Waals surface area contributed by atoms with E-state index in [1.54, 1.807) is 25.5 Å². The normalized spacial score (nSPS) is 25.2. The average molecular weight is 948 g/mol. The van der Waals surface area contributed by atoms with Gasteiger partial charge in [-0.15, -0.1) is 0 Å². The summed E-state index contributed by atoms with van der Waals surface area (Å²) >= 11 is 10.9. The summed E-state index contributed by atoms with van der Waals surface area (Å²) < 4.78 is 1.75. The molecule has 0 bridgehead atoms. The fraction of sp³-hybridized carbons (Fsp3) is 0.327. The molecule has 0 saturated heterocycles. The molecule has 0 N–H and O–H groups in total. The maximum absolute atomic E-state index is 7.12. The Morgan fingerprint density at radius 2 is 1.15 bits per heavy atom. The molecule has 306 valence electrons. The van der Waals surface area contributed by atoms with E-state index >= 15 is 0 Å². The molecule has 0 nitrogen and oxygen atoms in total. The molecule has 1 fully saturated rings. The van der Waals surface area contributed by atoms with Crippen molar-refractivity contribution in [3.8, 4) is 0 Å². The van der Waals surface area contributed by atoms with Gasteiger partial charge >= 0.3 is 366 Å². The SMILES string of the molecule is CC12C(=C3Cc4ccccc4C3=C3C=CCCC31)[C](C)([Zr+2](=[C](c1ccc(Cl)c3ccccc13)c1ccc(Cl)c3ccccc13)[CH]1C=CC=C1)C(C)(C)C(C)(C)C2(C)C.[Cl-].[Cl-]. The standard InChI is InChI=1S/C29H37.C21H12Cl2.C5H5.2ClH.Zr/c1-18-25-22-17-19-13-9-10-14-20(19)24(22)21-15-11-12-16-23(21)29(25,8)28(6,7)27(4,5)26(18,2)3;22-20-11-9-14(16-5-1-3-7-18(16)20)13-15-10-12-21(23)19-8-4-2-6-17(15)19;1-2-4-5-3-1;;;/h9-11,13-15,23H,12,16-17H2,1-8H3;1-12H;1-5H;2*1H;/q;;;;;+2/p-2. The van der Waals surface area contributed by atoms with Gasteiger partial charge in [0.05, 0.1) is 0 Å². The monoisotopic (exact) mass is 944 g/mol. The van der Waals surface area contributed by atoms with E-state index in [4.69, 9.17) is 23.2 Å². The number of benzene rings is 5. The second-order valence-corrected chi connectivity index (χ2v) is 27.8. The maximum Gasteiger partial charge on any atom is -1.00 e. The molecule has 0 heterocycles. The van der Waals surface area contributed by atoms with Crippen LogP contribution in [0.15, 0.2) is 150 Å². The van der Waals surface area contributed by atoms with Gasteiger partial charge in [-0.3, -0.25) is 0 Å². The summed E-state index contributed by atoms with van der Waals surface area (Å²) in [6.07, 6.45) is 18.2. The summed E-state index contributed by atoms with van der Waals surface area (Å²) in [5, 5.41) is 6.32. The van der Waals surface area contributed by atoms with Crippen LogP contribution in [0.5, 0.6) is 0 Å². The zero-order valence-electron chi connectivity index (χ0n) is 36.0. The largest absolute Gasteiger partial charge is 1.00 e. The molecule has 0 aliphatic heterocycles. The zero-order chi connectivity index (χ0) is 40.6. The fourth-order valence-electron chi connectivity index (χ4n) is 13.2. The van der Waals surface area contributed by atoms with E-state index in [1.165, 1.54) is 39.4 Å². The Bertz CT molecular complexity index is 2710. The first kappa shape index (κ1) is 43.9. The van der Waals surface area contributed by atoms with Crippen molar-refractivity contribution in [2.75, 3.05) is 0 Å². The summed E-state index contributed by atoms with van der Waals surface area (Å²) in [6, 6.07) is 36.2. The Hall–Kier alpha value is -2.77. The average Bonchev–Trinajstić information content (AvgIpc) is 3.89. The van der Waals surface area contributed by atoms with Crippen molar-refractivity contribution >= 4 is 53.5 Å². The third kappa shape index (κ3) is 5.61. The van der Waals surface area contributed by atoms with Gasteiger partial charge in [0, 0.05) is 0 Å². The van der Waals surface area contributed by atoms with Gasteiger partial charge in [-0.25, -0.2) is 0 Å². The summed E-state index contributed by atoms with van der Waals surface area (Å²) in [4.78, 5) is 0. The van der Waals surface area contributed by atoms with Gasteiger partial charge in [0.15, 0.2) is 0 Å². The van der Waals surface area contributed by atoms with Gasteiger partial charge < -0.3 is 24.8 Å². The molecule has 60 heavy (non-hydrogen) atoms. The Morgan fingerprint density at radius 3 is 1.73 bits per heavy atom. The van der Waals surface area contributed by atoms with Crippen LogP contribution in [0.4, 0.5) is 0 Å². The predicted molar refractivity (Wildman–Crippen MR) is 247 cm³/mol. The van der Waals surface area contributed by atoms with Crippen LogP contribution in [-0.4, -0.2) is 3.21 Å². The number of rotatable bonds is 4. The second-order valence-electron chi connectivity index (χ2n) is 19.6. The molecule has 5 aromatic carbocycles. The smallest absolute Gasteiger partial charge is 1.00 e. The molecule has 5 heteroatoms. The van der Waals surface area contributed by atoms with E-state index in [0.29, 0.717) is 9.54 Å². The molecule has 5 aliphatic carbocycles. The van der Waals surface area contributed by atoms with Gasteiger partial charge in [0.2, 0.25) is 0 Å². The van der Waals surface area contributed by atoms with Crippen LogP contribution in [0.1, 0.15) is 90.5 Å². The van der Waals surface area contributed by atoms with E-state index in [1.807, 2.05) is 0 Å². The Labute approximate surface area is 387 Å². The van der Waals surface area contributed by atoms with Crippen LogP contribution in [0, 0.1) is 27.6 Å². The summed E-state index contributed by atoms with van der Waals surface area (Å²) in [5.41, 5.74) is 11.9. The molecule has 0 radical (unpaired) electrons. The van der Waals surface area contributed by atoms with Crippen molar-refractivity contribution < 1.29 is 46.1 Å². The first-order valence-electron chi connectivity index (χ1n) is 21.4. The number of hydrogen-bond donors (Lipinski definition) is 0. The Morgan fingerprint density at radius 1 is 0.617 bits per heavy atom. The number of halogens is 4. The molecule has 0 amide bonds. The minimum absolute atomic E-state index is 0. The quantitative estimate of drug-likeness (QED) is 0.169. The third-order valence-corrected chi connectivity index (χ3v) is 28.1. The van der Waals surface area contributed by atoms with Crippen molar-refractivity contribution in [2.24, 2.45) is 27.6 Å². The topological polar surface area (TPSA) is 0 Å². The van der Waals surface area contributed by atoms with Crippen molar-refractivity contribution in [1.29, 1.82) is 0 Å². The van der Waals surface area contributed by atoms with Crippen molar-refractivity contribution in [3.05, 3.63) is 183 Å². The molecule has 0 aromatic heterocycles. The summed E-state index contributed by atoms with van der Waals surface area (Å²) in [7, 11) is 0. The third-order valence-electron chi connectivity index (χ3n) is 17.4. The molecule has 1 saturated carbocycles. The van der Waals surface area contributed by atoms with Crippen LogP contribution in [0.25, 0.3) is 27.1 Å². The maximum atomic E-state index is 7.12. The summed E-state index contributed by atoms with van der Waals surface area (Å²) in [5.74, 6) is 0.428. The van der Waals surface area contributed by atoms with Crippen LogP contribution in [0.3, 0.4) is 0 Å². The zero-order valence-corrected chi connectivity index (χ0v) is 41.5. The van der Waals surface area contributed by atoms with E-state index in [9.17, 15) is 0 Å². The van der Waals surface area contributed by atoms with Gasteiger partial charge in [-0.1, -0.05) is 0 Å². The molecule has 5 aliphatic rings. The molecular formula is C55H54Cl4Zr. The van der Waals surface area contributed by atoms with E-state index in [-0.39, 0.29) is 49.6 Å². The number of allylic oxidation sites excluding steroid dienone is 10. The molecule has 0 spiro atoms. The van der Waals surface area contributed by atoms with Gasteiger partial charge in [-0.05, 0) is 0 Å². The van der Waals surface area contributed by atoms with Gasteiger partial charge in [0.25, 0.3) is 0 Å². The van der Waals surface area contributed by atoms with Crippen molar-refractivity contribution in [2.45, 2.75) is 81.4 Å². The van der Waals surface area contributed by atoms with Crippen molar-refractivity contribution in [1.82, 2.24) is 0 Å². The van der Waals surface area contributed by atoms with E-state index in [2.05, 4.69) is 189 Å². The van der Waals surface area contributed by atoms with E-state index in [0.717, 1.165) is 33.7 Å². The Kier molecular flexibility index (Phi) is 11.1. The number of fused-ring (bicyclic) bond motifs is 8. The first-order chi connectivity index (χ1) is 27.7. The molecule has 3 unspecified atom stereocenters. The van der Waals surface area contributed by atoms with Crippen molar-refractivity contribution in [3.63, 3.8) is 0 Å². The number of hydrogen-bond acceptors (Lipinski definition) is 0. The first-order valence-corrected chi connectivity index (χ1v) is 26.0. The minimum atomic E-state index is -3.33.